The average molecular weight is 474 g/mol. The van der Waals surface area contributed by atoms with Gasteiger partial charge in [-0.25, -0.2) is 13.4 Å². The minimum Gasteiger partial charge on any atom is -0.321 e. The average Bonchev–Trinajstić information content (AvgIpc) is 3.22. The molecule has 2 aromatic carbocycles. The molecule has 1 aliphatic rings. The maximum Gasteiger partial charge on any atom is 0.293 e. The van der Waals surface area contributed by atoms with Gasteiger partial charge in [0.25, 0.3) is 11.6 Å². The van der Waals surface area contributed by atoms with Gasteiger partial charge in [-0.15, -0.1) is 0 Å². The van der Waals surface area contributed by atoms with Gasteiger partial charge in [-0.1, -0.05) is 12.1 Å². The summed E-state index contributed by atoms with van der Waals surface area (Å²) in [6, 6.07) is 9.62. The number of nitro groups is 1. The molecule has 0 unspecified atom stereocenters. The lowest BCUT2D eigenvalue weighted by molar-refractivity contribution is -0.384. The van der Waals surface area contributed by atoms with Crippen LogP contribution in [-0.4, -0.2) is 60.4 Å². The van der Waals surface area contributed by atoms with Crippen molar-refractivity contribution in [2.75, 3.05) is 24.7 Å². The minimum absolute atomic E-state index is 0.00741. The molecule has 3 amide bonds. The Morgan fingerprint density at radius 2 is 1.70 bits per heavy atom. The van der Waals surface area contributed by atoms with Gasteiger partial charge in [0, 0.05) is 37.9 Å². The summed E-state index contributed by atoms with van der Waals surface area (Å²) >= 11 is 0. The predicted octanol–water partition coefficient (Wildman–Crippen LogP) is 1.79. The van der Waals surface area contributed by atoms with Gasteiger partial charge < -0.3 is 5.32 Å². The molecule has 2 aromatic rings. The predicted molar refractivity (Wildman–Crippen MR) is 118 cm³/mol. The second-order valence-electron chi connectivity index (χ2n) is 7.56. The molecule has 174 valence electrons. The van der Waals surface area contributed by atoms with E-state index in [1.165, 1.54) is 41.2 Å². The van der Waals surface area contributed by atoms with Gasteiger partial charge in [-0.3, -0.25) is 29.5 Å². The van der Waals surface area contributed by atoms with Crippen LogP contribution in [0.1, 0.15) is 29.3 Å². The van der Waals surface area contributed by atoms with Gasteiger partial charge in [0.05, 0.1) is 16.2 Å². The number of carbonyl (C=O) groups excluding carboxylic acids is 3. The van der Waals surface area contributed by atoms with Crippen molar-refractivity contribution in [3.05, 3.63) is 63.7 Å². The van der Waals surface area contributed by atoms with Crippen LogP contribution in [0.25, 0.3) is 0 Å². The van der Waals surface area contributed by atoms with Gasteiger partial charge in [-0.2, -0.15) is 0 Å². The summed E-state index contributed by atoms with van der Waals surface area (Å²) in [5.74, 6) is -1.43. The molecule has 1 fully saturated rings. The number of benzene rings is 2. The summed E-state index contributed by atoms with van der Waals surface area (Å²) < 4.78 is 23.2. The molecule has 0 spiro atoms. The first-order valence-corrected chi connectivity index (χ1v) is 11.8. The SMILES string of the molecule is CC(=O)Nc1ccc(C(=O)N2CCCN2C(=O)Cc2ccc(S(C)(=O)=O)cc2)cc1[N+](=O)[O-]. The molecule has 33 heavy (non-hydrogen) atoms. The van der Waals surface area contributed by atoms with Crippen molar-refractivity contribution in [2.24, 2.45) is 0 Å². The van der Waals surface area contributed by atoms with E-state index in [4.69, 9.17) is 0 Å². The topological polar surface area (TPSA) is 147 Å². The van der Waals surface area contributed by atoms with Gasteiger partial charge >= 0.3 is 0 Å². The third-order valence-corrected chi connectivity index (χ3v) is 6.14. The van der Waals surface area contributed by atoms with E-state index < -0.39 is 32.3 Å². The molecule has 1 heterocycles. The molecule has 0 bridgehead atoms. The van der Waals surface area contributed by atoms with Crippen LogP contribution in [0.4, 0.5) is 11.4 Å². The molecule has 0 aromatic heterocycles. The van der Waals surface area contributed by atoms with Crippen molar-refractivity contribution in [3.63, 3.8) is 0 Å². The van der Waals surface area contributed by atoms with Crippen LogP contribution in [0.3, 0.4) is 0 Å². The molecule has 1 saturated heterocycles. The number of amides is 3. The quantitative estimate of drug-likeness (QED) is 0.496. The molecule has 12 heteroatoms. The monoisotopic (exact) mass is 474 g/mol. The summed E-state index contributed by atoms with van der Waals surface area (Å²) in [4.78, 5) is 48.0. The van der Waals surface area contributed by atoms with Crippen LogP contribution in [0.5, 0.6) is 0 Å². The summed E-state index contributed by atoms with van der Waals surface area (Å²) in [5.41, 5.74) is 0.130. The van der Waals surface area contributed by atoms with E-state index in [2.05, 4.69) is 5.32 Å². The highest BCUT2D eigenvalue weighted by molar-refractivity contribution is 7.90. The van der Waals surface area contributed by atoms with Crippen LogP contribution < -0.4 is 5.32 Å². The van der Waals surface area contributed by atoms with E-state index in [9.17, 15) is 32.9 Å². The first-order valence-electron chi connectivity index (χ1n) is 9.94. The van der Waals surface area contributed by atoms with Gasteiger partial charge in [-0.05, 0) is 36.2 Å². The maximum absolute atomic E-state index is 13.0. The molecular weight excluding hydrogens is 452 g/mol. The molecule has 0 radical (unpaired) electrons. The van der Waals surface area contributed by atoms with Crippen LogP contribution in [-0.2, 0) is 25.8 Å². The van der Waals surface area contributed by atoms with Crippen molar-refractivity contribution in [2.45, 2.75) is 24.7 Å². The second kappa shape index (κ2) is 9.36. The van der Waals surface area contributed by atoms with E-state index in [1.807, 2.05) is 0 Å². The Morgan fingerprint density at radius 3 is 2.27 bits per heavy atom. The fourth-order valence-electron chi connectivity index (χ4n) is 3.46. The van der Waals surface area contributed by atoms with E-state index in [1.54, 1.807) is 12.1 Å². The lowest BCUT2D eigenvalue weighted by Crippen LogP contribution is -2.45. The number of sulfone groups is 1. The zero-order valence-electron chi connectivity index (χ0n) is 18.0. The molecule has 0 saturated carbocycles. The Morgan fingerprint density at radius 1 is 1.06 bits per heavy atom. The number of nitro benzene ring substituents is 1. The number of carbonyl (C=O) groups is 3. The number of rotatable bonds is 6. The van der Waals surface area contributed by atoms with E-state index in [0.29, 0.717) is 18.5 Å². The second-order valence-corrected chi connectivity index (χ2v) is 9.58. The zero-order valence-corrected chi connectivity index (χ0v) is 18.8. The number of hydrazine groups is 1. The third-order valence-electron chi connectivity index (χ3n) is 5.01. The zero-order chi connectivity index (χ0) is 24.3. The van der Waals surface area contributed by atoms with E-state index in [-0.39, 0.29) is 35.0 Å². The van der Waals surface area contributed by atoms with E-state index >= 15 is 0 Å². The van der Waals surface area contributed by atoms with Crippen molar-refractivity contribution in [1.29, 1.82) is 0 Å². The Balaban J connectivity index is 1.78. The summed E-state index contributed by atoms with van der Waals surface area (Å²) in [7, 11) is -3.35. The van der Waals surface area contributed by atoms with Crippen molar-refractivity contribution < 1.29 is 27.7 Å². The number of nitrogens with one attached hydrogen (secondary N) is 1. The van der Waals surface area contributed by atoms with Gasteiger partial charge in [0.1, 0.15) is 5.69 Å². The summed E-state index contributed by atoms with van der Waals surface area (Å²) in [5, 5.41) is 16.3. The number of anilines is 1. The Kier molecular flexibility index (Phi) is 6.77. The van der Waals surface area contributed by atoms with E-state index in [0.717, 1.165) is 12.3 Å². The van der Waals surface area contributed by atoms with Gasteiger partial charge in [0.15, 0.2) is 9.84 Å². The molecular formula is C21H22N4O7S. The fourth-order valence-corrected chi connectivity index (χ4v) is 4.09. The highest BCUT2D eigenvalue weighted by atomic mass is 32.2. The van der Waals surface area contributed by atoms with Crippen LogP contribution >= 0.6 is 0 Å². The highest BCUT2D eigenvalue weighted by Gasteiger charge is 2.32. The van der Waals surface area contributed by atoms with Crippen LogP contribution in [0.15, 0.2) is 47.4 Å². The standard InChI is InChI=1S/C21H22N4O7S/c1-14(26)22-18-9-6-16(13-19(18)25(29)30)21(28)24-11-3-10-23(24)20(27)12-15-4-7-17(8-5-15)33(2,31)32/h4-9,13H,3,10-12H2,1-2H3,(H,22,26). The lowest BCUT2D eigenvalue weighted by Gasteiger charge is -2.28. The van der Waals surface area contributed by atoms with Crippen molar-refractivity contribution in [3.8, 4) is 0 Å². The third kappa shape index (κ3) is 5.52. The van der Waals surface area contributed by atoms with Crippen LogP contribution in [0.2, 0.25) is 0 Å². The minimum atomic E-state index is -3.35. The smallest absolute Gasteiger partial charge is 0.293 e. The Labute approximate surface area is 190 Å². The summed E-state index contributed by atoms with van der Waals surface area (Å²) in [6.45, 7) is 1.78. The van der Waals surface area contributed by atoms with Gasteiger partial charge in [0.2, 0.25) is 11.8 Å². The molecule has 1 N–H and O–H groups in total. The molecule has 11 nitrogen and oxygen atoms in total. The maximum atomic E-state index is 13.0. The van der Waals surface area contributed by atoms with Crippen molar-refractivity contribution in [1.82, 2.24) is 10.0 Å². The first kappa shape index (κ1) is 23.9. The molecule has 3 rings (SSSR count). The largest absolute Gasteiger partial charge is 0.321 e. The first-order chi connectivity index (χ1) is 15.5. The number of hydrogen-bond donors (Lipinski definition) is 1. The number of hydrogen-bond acceptors (Lipinski definition) is 7. The molecule has 1 aliphatic heterocycles. The fraction of sp³-hybridized carbons (Fsp3) is 0.286. The van der Waals surface area contributed by atoms with Crippen LogP contribution in [0, 0.1) is 10.1 Å². The summed E-state index contributed by atoms with van der Waals surface area (Å²) in [6.07, 6.45) is 1.58. The van der Waals surface area contributed by atoms with Crippen molar-refractivity contribution >= 4 is 38.9 Å². The normalized spacial score (nSPS) is 13.6. The number of nitrogens with zero attached hydrogens (tertiary/aromatic N) is 3. The highest BCUT2D eigenvalue weighted by Crippen LogP contribution is 2.27. The Hall–Kier alpha value is -3.80. The Bertz CT molecular complexity index is 1230. The molecule has 0 atom stereocenters. The lowest BCUT2D eigenvalue weighted by atomic mass is 10.1. The molecule has 0 aliphatic carbocycles.